The van der Waals surface area contributed by atoms with Crippen LogP contribution in [0, 0.1) is 0 Å². The van der Waals surface area contributed by atoms with Gasteiger partial charge in [-0.05, 0) is 97.1 Å². The molecule has 320 valence electrons. The normalized spacial score (nSPS) is 13.0. The summed E-state index contributed by atoms with van der Waals surface area (Å²) in [4.78, 5) is 15.5. The number of thiophene rings is 1. The van der Waals surface area contributed by atoms with E-state index in [1.54, 1.807) is 11.3 Å². The number of hydrogen-bond donors (Lipinski definition) is 0. The van der Waals surface area contributed by atoms with Crippen molar-refractivity contribution in [1.82, 2.24) is 15.0 Å². The molecule has 0 radical (unpaired) electrons. The summed E-state index contributed by atoms with van der Waals surface area (Å²) in [6.45, 7) is 0. The maximum absolute atomic E-state index is 6.57. The highest BCUT2D eigenvalue weighted by molar-refractivity contribution is 7.25. The predicted octanol–water partition coefficient (Wildman–Crippen LogP) is 16.8. The first-order valence-corrected chi connectivity index (χ1v) is 24.2. The molecule has 15 rings (SSSR count). The lowest BCUT2D eigenvalue weighted by Crippen LogP contribution is -2.25. The molecule has 0 N–H and O–H groups in total. The summed E-state index contributed by atoms with van der Waals surface area (Å²) >= 11 is 1.79. The van der Waals surface area contributed by atoms with Gasteiger partial charge in [-0.15, -0.1) is 11.3 Å². The molecule has 13 aromatic rings. The third kappa shape index (κ3) is 5.53. The number of fused-ring (bicyclic) bond motifs is 16. The van der Waals surface area contributed by atoms with Crippen LogP contribution in [0.1, 0.15) is 22.3 Å². The fraction of sp³-hybridized carbons (Fsp3) is 0.0156. The zero-order chi connectivity index (χ0) is 45.2. The number of aromatic nitrogens is 3. The molecule has 2 aliphatic carbocycles. The fourth-order valence-electron chi connectivity index (χ4n) is 11.6. The minimum atomic E-state index is -0.378. The highest BCUT2D eigenvalue weighted by Crippen LogP contribution is 2.64. The molecule has 69 heavy (non-hydrogen) atoms. The average Bonchev–Trinajstić information content (AvgIpc) is 4.16. The van der Waals surface area contributed by atoms with Crippen molar-refractivity contribution in [2.45, 2.75) is 5.41 Å². The van der Waals surface area contributed by atoms with Crippen LogP contribution in [0.2, 0.25) is 0 Å². The molecule has 5 heteroatoms. The smallest absolute Gasteiger partial charge is 0.164 e. The SMILES string of the molecule is c1ccc(-c2nc(-c3ccc4c(c3)sc3ccccc34)nc(-c3cccc4oc5ccc(-c6ccc(-c7cccc8c7-c7ccccc7C87c8ccccc8-c8ccccc87)cc6)cc5c34)n2)cc1. The molecular weight excluding hydrogens is 859 g/mol. The van der Waals surface area contributed by atoms with E-state index in [1.165, 1.54) is 75.8 Å². The molecule has 3 aromatic heterocycles. The average molecular weight is 896 g/mol. The van der Waals surface area contributed by atoms with Crippen LogP contribution in [0.15, 0.2) is 229 Å². The highest BCUT2D eigenvalue weighted by Gasteiger charge is 2.52. The number of hydrogen-bond acceptors (Lipinski definition) is 5. The van der Waals surface area contributed by atoms with E-state index < -0.39 is 0 Å². The van der Waals surface area contributed by atoms with Gasteiger partial charge in [-0.3, -0.25) is 0 Å². The third-order valence-corrected chi connectivity index (χ3v) is 15.7. The Kier molecular flexibility index (Phi) is 8.12. The molecule has 4 nitrogen and oxygen atoms in total. The molecule has 0 saturated carbocycles. The van der Waals surface area contributed by atoms with E-state index >= 15 is 0 Å². The summed E-state index contributed by atoms with van der Waals surface area (Å²) in [5, 5.41) is 4.49. The molecule has 2 aliphatic rings. The second-order valence-corrected chi connectivity index (χ2v) is 19.2. The zero-order valence-corrected chi connectivity index (χ0v) is 37.8. The van der Waals surface area contributed by atoms with Gasteiger partial charge < -0.3 is 4.42 Å². The number of nitrogens with zero attached hydrogens (tertiary/aromatic N) is 3. The second kappa shape index (κ2) is 14.6. The maximum atomic E-state index is 6.57. The second-order valence-electron chi connectivity index (χ2n) is 18.2. The predicted molar refractivity (Wildman–Crippen MR) is 283 cm³/mol. The van der Waals surface area contributed by atoms with Crippen molar-refractivity contribution in [2.24, 2.45) is 0 Å². The Morgan fingerprint density at radius 3 is 1.68 bits per heavy atom. The lowest BCUT2D eigenvalue weighted by Gasteiger charge is -2.30. The van der Waals surface area contributed by atoms with Crippen molar-refractivity contribution >= 4 is 53.4 Å². The standard InChI is InChI=1S/C64H37N3OS/c1-2-14-40(15-3-1)61-65-62(42-32-34-47-46-18-7-11-27-57(46)69-58(47)37-42)67-63(66-61)49-21-13-26-56-60(49)50-36-41(33-35-55(50)68-56)38-28-30-39(31-29-38)43-20-12-25-54-59(43)48-19-6-10-24-53(48)64(54)51-22-8-4-16-44(51)45-17-5-9-23-52(45)64/h1-37H. The van der Waals surface area contributed by atoms with Gasteiger partial charge in [0.2, 0.25) is 0 Å². The first-order valence-electron chi connectivity index (χ1n) is 23.4. The van der Waals surface area contributed by atoms with Crippen molar-refractivity contribution in [2.75, 3.05) is 0 Å². The molecule has 0 unspecified atom stereocenters. The van der Waals surface area contributed by atoms with E-state index in [0.29, 0.717) is 17.5 Å². The topological polar surface area (TPSA) is 51.8 Å². The van der Waals surface area contributed by atoms with Gasteiger partial charge in [0.15, 0.2) is 17.5 Å². The molecule has 0 bridgehead atoms. The molecule has 1 spiro atoms. The van der Waals surface area contributed by atoms with Gasteiger partial charge in [0.05, 0.1) is 5.41 Å². The van der Waals surface area contributed by atoms with E-state index in [2.05, 4.69) is 194 Å². The van der Waals surface area contributed by atoms with E-state index in [4.69, 9.17) is 19.4 Å². The van der Waals surface area contributed by atoms with Crippen molar-refractivity contribution in [3.05, 3.63) is 247 Å². The molecule has 3 heterocycles. The molecule has 0 atom stereocenters. The van der Waals surface area contributed by atoms with E-state index in [-0.39, 0.29) is 5.41 Å². The van der Waals surface area contributed by atoms with Crippen LogP contribution in [0.5, 0.6) is 0 Å². The van der Waals surface area contributed by atoms with Crippen LogP contribution >= 0.6 is 11.3 Å². The minimum absolute atomic E-state index is 0.378. The summed E-state index contributed by atoms with van der Waals surface area (Å²) in [5.74, 6) is 1.85. The van der Waals surface area contributed by atoms with Crippen molar-refractivity contribution in [3.8, 4) is 78.7 Å². The first-order chi connectivity index (χ1) is 34.2. The number of furan rings is 1. The Morgan fingerprint density at radius 2 is 0.884 bits per heavy atom. The van der Waals surface area contributed by atoms with Gasteiger partial charge in [-0.25, -0.2) is 15.0 Å². The Labute approximate surface area is 401 Å². The van der Waals surface area contributed by atoms with E-state index in [0.717, 1.165) is 49.8 Å². The Hall–Kier alpha value is -8.77. The first kappa shape index (κ1) is 38.3. The van der Waals surface area contributed by atoms with Crippen molar-refractivity contribution in [1.29, 1.82) is 0 Å². The minimum Gasteiger partial charge on any atom is -0.456 e. The summed E-state index contributed by atoms with van der Waals surface area (Å²) in [6.07, 6.45) is 0. The molecule has 10 aromatic carbocycles. The van der Waals surface area contributed by atoms with Crippen molar-refractivity contribution in [3.63, 3.8) is 0 Å². The molecule has 0 aliphatic heterocycles. The summed E-state index contributed by atoms with van der Waals surface area (Å²) < 4.78 is 9.04. The van der Waals surface area contributed by atoms with Gasteiger partial charge in [0.25, 0.3) is 0 Å². The van der Waals surface area contributed by atoms with Gasteiger partial charge in [0, 0.05) is 47.6 Å². The maximum Gasteiger partial charge on any atom is 0.164 e. The number of benzene rings is 10. The molecule has 0 fully saturated rings. The summed E-state index contributed by atoms with van der Waals surface area (Å²) in [6, 6.07) is 80.9. The van der Waals surface area contributed by atoms with Crippen LogP contribution in [0.25, 0.3) is 121 Å². The van der Waals surface area contributed by atoms with Crippen LogP contribution < -0.4 is 0 Å². The lowest BCUT2D eigenvalue weighted by atomic mass is 9.70. The quantitative estimate of drug-likeness (QED) is 0.173. The number of rotatable bonds is 5. The van der Waals surface area contributed by atoms with Gasteiger partial charge in [0.1, 0.15) is 11.2 Å². The zero-order valence-electron chi connectivity index (χ0n) is 37.0. The third-order valence-electron chi connectivity index (χ3n) is 14.6. The van der Waals surface area contributed by atoms with E-state index in [9.17, 15) is 0 Å². The van der Waals surface area contributed by atoms with E-state index in [1.807, 2.05) is 30.3 Å². The van der Waals surface area contributed by atoms with Gasteiger partial charge in [-0.2, -0.15) is 0 Å². The molecule has 0 saturated heterocycles. The molecule has 0 amide bonds. The van der Waals surface area contributed by atoms with Crippen molar-refractivity contribution < 1.29 is 4.42 Å². The van der Waals surface area contributed by atoms with Gasteiger partial charge in [-0.1, -0.05) is 194 Å². The highest BCUT2D eigenvalue weighted by atomic mass is 32.1. The lowest BCUT2D eigenvalue weighted by molar-refractivity contribution is 0.669. The monoisotopic (exact) mass is 895 g/mol. The van der Waals surface area contributed by atoms with Crippen LogP contribution in [-0.4, -0.2) is 15.0 Å². The summed E-state index contributed by atoms with van der Waals surface area (Å²) in [5.41, 5.74) is 19.3. The Balaban J connectivity index is 0.845. The Bertz CT molecular complexity index is 4220. The largest absolute Gasteiger partial charge is 0.456 e. The summed E-state index contributed by atoms with van der Waals surface area (Å²) in [7, 11) is 0. The van der Waals surface area contributed by atoms with Crippen LogP contribution in [0.4, 0.5) is 0 Å². The molecular formula is C64H37N3OS. The van der Waals surface area contributed by atoms with Crippen LogP contribution in [-0.2, 0) is 5.41 Å². The fourth-order valence-corrected chi connectivity index (χ4v) is 12.8. The van der Waals surface area contributed by atoms with Crippen LogP contribution in [0.3, 0.4) is 0 Å². The Morgan fingerprint density at radius 1 is 0.319 bits per heavy atom. The van der Waals surface area contributed by atoms with Gasteiger partial charge >= 0.3 is 0 Å².